The maximum atomic E-state index is 12.4. The number of benzene rings is 2. The lowest BCUT2D eigenvalue weighted by Crippen LogP contribution is -2.23. The molecule has 2 aromatic carbocycles. The van der Waals surface area contributed by atoms with Gasteiger partial charge in [-0.1, -0.05) is 23.8 Å². The molecule has 1 N–H and O–H groups in total. The van der Waals surface area contributed by atoms with Crippen LogP contribution in [-0.4, -0.2) is 35.5 Å². The molecule has 3 aromatic rings. The SMILES string of the molecule is Cc1ccc(NC(=O)Cc2nc(CN3CCC[C@@H]3c3ccc4c(c3)OCCO4)cs2)cc1. The van der Waals surface area contributed by atoms with Gasteiger partial charge in [-0.2, -0.15) is 0 Å². The van der Waals surface area contributed by atoms with Gasteiger partial charge in [0.25, 0.3) is 0 Å². The van der Waals surface area contributed by atoms with Crippen molar-refractivity contribution in [3.63, 3.8) is 0 Å². The number of amides is 1. The van der Waals surface area contributed by atoms with Crippen LogP contribution in [-0.2, 0) is 17.8 Å². The van der Waals surface area contributed by atoms with Gasteiger partial charge in [-0.25, -0.2) is 4.98 Å². The van der Waals surface area contributed by atoms with E-state index in [1.807, 2.05) is 37.3 Å². The summed E-state index contributed by atoms with van der Waals surface area (Å²) in [4.78, 5) is 19.6. The number of aromatic nitrogens is 1. The van der Waals surface area contributed by atoms with Crippen LogP contribution in [0.25, 0.3) is 0 Å². The van der Waals surface area contributed by atoms with Gasteiger partial charge in [-0.05, 0) is 56.1 Å². The van der Waals surface area contributed by atoms with Crippen LogP contribution in [0.4, 0.5) is 5.69 Å². The third-order valence-corrected chi connectivity index (χ3v) is 6.82. The highest BCUT2D eigenvalue weighted by Crippen LogP contribution is 2.38. The van der Waals surface area contributed by atoms with E-state index in [4.69, 9.17) is 14.5 Å². The van der Waals surface area contributed by atoms with Gasteiger partial charge in [0, 0.05) is 23.7 Å². The number of hydrogen-bond donors (Lipinski definition) is 1. The summed E-state index contributed by atoms with van der Waals surface area (Å²) in [5, 5.41) is 5.87. The van der Waals surface area contributed by atoms with Gasteiger partial charge in [0.1, 0.15) is 18.2 Å². The molecule has 6 nitrogen and oxygen atoms in total. The van der Waals surface area contributed by atoms with E-state index in [2.05, 4.69) is 27.7 Å². The Hall–Kier alpha value is -2.90. The molecule has 1 amide bonds. The molecule has 1 atom stereocenters. The largest absolute Gasteiger partial charge is 0.486 e. The van der Waals surface area contributed by atoms with E-state index < -0.39 is 0 Å². The summed E-state index contributed by atoms with van der Waals surface area (Å²) in [6, 6.07) is 14.5. The molecule has 1 saturated heterocycles. The van der Waals surface area contributed by atoms with Crippen molar-refractivity contribution in [1.82, 2.24) is 9.88 Å². The average Bonchev–Trinajstić information content (AvgIpc) is 3.44. The monoisotopic (exact) mass is 449 g/mol. The van der Waals surface area contributed by atoms with Gasteiger partial charge in [0.2, 0.25) is 5.91 Å². The number of likely N-dealkylation sites (tertiary alicyclic amines) is 1. The van der Waals surface area contributed by atoms with Crippen molar-refractivity contribution in [2.24, 2.45) is 0 Å². The normalized spacial score (nSPS) is 18.0. The molecule has 166 valence electrons. The Morgan fingerprint density at radius 3 is 2.81 bits per heavy atom. The number of ether oxygens (including phenoxy) is 2. The molecule has 0 spiro atoms. The van der Waals surface area contributed by atoms with E-state index in [0.717, 1.165) is 53.8 Å². The van der Waals surface area contributed by atoms with Gasteiger partial charge >= 0.3 is 0 Å². The van der Waals surface area contributed by atoms with Crippen LogP contribution in [0.3, 0.4) is 0 Å². The van der Waals surface area contributed by atoms with Crippen LogP contribution in [0.2, 0.25) is 0 Å². The third-order valence-electron chi connectivity index (χ3n) is 5.93. The molecule has 0 unspecified atom stereocenters. The lowest BCUT2D eigenvalue weighted by Gasteiger charge is -2.26. The zero-order valence-corrected chi connectivity index (χ0v) is 19.0. The maximum absolute atomic E-state index is 12.4. The number of aryl methyl sites for hydroxylation is 1. The molecular formula is C25H27N3O3S. The summed E-state index contributed by atoms with van der Waals surface area (Å²) in [5.41, 5.74) is 4.28. The summed E-state index contributed by atoms with van der Waals surface area (Å²) in [6.45, 7) is 5.07. The third kappa shape index (κ3) is 4.79. The summed E-state index contributed by atoms with van der Waals surface area (Å²) in [6.07, 6.45) is 2.58. The number of nitrogens with zero attached hydrogens (tertiary/aromatic N) is 2. The Balaban J connectivity index is 1.21. The Kier molecular flexibility index (Phi) is 6.10. The second-order valence-electron chi connectivity index (χ2n) is 8.36. The molecule has 0 bridgehead atoms. The molecule has 5 rings (SSSR count). The molecule has 2 aliphatic heterocycles. The first-order valence-corrected chi connectivity index (χ1v) is 12.0. The van der Waals surface area contributed by atoms with Crippen LogP contribution >= 0.6 is 11.3 Å². The molecule has 2 aliphatic rings. The molecular weight excluding hydrogens is 422 g/mol. The summed E-state index contributed by atoms with van der Waals surface area (Å²) in [5.74, 6) is 1.64. The second-order valence-corrected chi connectivity index (χ2v) is 9.30. The number of carbonyl (C=O) groups excluding carboxylic acids is 1. The van der Waals surface area contributed by atoms with Crippen LogP contribution < -0.4 is 14.8 Å². The molecule has 0 aliphatic carbocycles. The minimum absolute atomic E-state index is 0.0370. The first kappa shape index (κ1) is 21.0. The van der Waals surface area contributed by atoms with E-state index in [9.17, 15) is 4.79 Å². The highest BCUT2D eigenvalue weighted by molar-refractivity contribution is 7.09. The molecule has 1 aromatic heterocycles. The average molecular weight is 450 g/mol. The predicted octanol–water partition coefficient (Wildman–Crippen LogP) is 4.74. The second kappa shape index (κ2) is 9.30. The molecule has 3 heterocycles. The quantitative estimate of drug-likeness (QED) is 0.589. The first-order valence-electron chi connectivity index (χ1n) is 11.1. The molecule has 1 fully saturated rings. The fraction of sp³-hybridized carbons (Fsp3) is 0.360. The fourth-order valence-electron chi connectivity index (χ4n) is 4.35. The summed E-state index contributed by atoms with van der Waals surface area (Å²) >= 11 is 1.55. The Morgan fingerprint density at radius 1 is 1.16 bits per heavy atom. The number of fused-ring (bicyclic) bond motifs is 1. The summed E-state index contributed by atoms with van der Waals surface area (Å²) < 4.78 is 11.4. The lowest BCUT2D eigenvalue weighted by molar-refractivity contribution is -0.115. The minimum Gasteiger partial charge on any atom is -0.486 e. The van der Waals surface area contributed by atoms with Crippen molar-refractivity contribution < 1.29 is 14.3 Å². The van der Waals surface area contributed by atoms with Crippen LogP contribution in [0.1, 0.15) is 40.7 Å². The number of nitrogens with one attached hydrogen (secondary N) is 1. The van der Waals surface area contributed by atoms with Gasteiger partial charge in [-0.15, -0.1) is 11.3 Å². The first-order chi connectivity index (χ1) is 15.6. The Labute approximate surface area is 192 Å². The van der Waals surface area contributed by atoms with Crippen molar-refractivity contribution in [3.8, 4) is 11.5 Å². The number of anilines is 1. The van der Waals surface area contributed by atoms with Gasteiger partial charge in [0.15, 0.2) is 11.5 Å². The van der Waals surface area contributed by atoms with Crippen molar-refractivity contribution >= 4 is 22.9 Å². The van der Waals surface area contributed by atoms with Crippen LogP contribution in [0.5, 0.6) is 11.5 Å². The smallest absolute Gasteiger partial charge is 0.231 e. The highest BCUT2D eigenvalue weighted by atomic mass is 32.1. The Morgan fingerprint density at radius 2 is 1.97 bits per heavy atom. The van der Waals surface area contributed by atoms with Crippen LogP contribution in [0.15, 0.2) is 47.8 Å². The predicted molar refractivity (Wildman–Crippen MR) is 125 cm³/mol. The zero-order valence-electron chi connectivity index (χ0n) is 18.2. The van der Waals surface area contributed by atoms with Gasteiger partial charge in [-0.3, -0.25) is 9.69 Å². The molecule has 7 heteroatoms. The van der Waals surface area contributed by atoms with Crippen LogP contribution in [0, 0.1) is 6.92 Å². The number of hydrogen-bond acceptors (Lipinski definition) is 6. The number of carbonyl (C=O) groups is 1. The fourth-order valence-corrected chi connectivity index (χ4v) is 5.13. The van der Waals surface area contributed by atoms with E-state index in [1.165, 1.54) is 11.1 Å². The highest BCUT2D eigenvalue weighted by Gasteiger charge is 2.28. The van der Waals surface area contributed by atoms with Crippen molar-refractivity contribution in [1.29, 1.82) is 0 Å². The maximum Gasteiger partial charge on any atom is 0.231 e. The summed E-state index contributed by atoms with van der Waals surface area (Å²) in [7, 11) is 0. The standard InChI is InChI=1S/C25H27N3O3S/c1-17-4-7-19(8-5-17)26-24(29)14-25-27-20(16-32-25)15-28-10-2-3-21(28)18-6-9-22-23(13-18)31-12-11-30-22/h4-9,13,16,21H,2-3,10-12,14-15H2,1H3,(H,26,29)/t21-/m1/s1. The van der Waals surface area contributed by atoms with Crippen molar-refractivity contribution in [2.45, 2.75) is 38.8 Å². The topological polar surface area (TPSA) is 63.7 Å². The molecule has 32 heavy (non-hydrogen) atoms. The molecule has 0 radical (unpaired) electrons. The van der Waals surface area contributed by atoms with Gasteiger partial charge < -0.3 is 14.8 Å². The van der Waals surface area contributed by atoms with Crippen molar-refractivity contribution in [3.05, 3.63) is 69.7 Å². The Bertz CT molecular complexity index is 1100. The van der Waals surface area contributed by atoms with E-state index in [-0.39, 0.29) is 5.91 Å². The minimum atomic E-state index is -0.0370. The van der Waals surface area contributed by atoms with E-state index in [1.54, 1.807) is 11.3 Å². The van der Waals surface area contributed by atoms with E-state index >= 15 is 0 Å². The number of rotatable bonds is 6. The zero-order chi connectivity index (χ0) is 21.9. The van der Waals surface area contributed by atoms with E-state index in [0.29, 0.717) is 25.7 Å². The number of thiazole rings is 1. The van der Waals surface area contributed by atoms with Crippen molar-refractivity contribution in [2.75, 3.05) is 25.1 Å². The molecule has 0 saturated carbocycles. The lowest BCUT2D eigenvalue weighted by atomic mass is 10.0. The van der Waals surface area contributed by atoms with Gasteiger partial charge in [0.05, 0.1) is 12.1 Å².